The average molecular weight is 257 g/mol. The lowest BCUT2D eigenvalue weighted by atomic mass is 10.2. The molecule has 1 aromatic carbocycles. The SMILES string of the molecule is CCOC(=O)c1cc2ccccc2n1C(F)(F)F. The Bertz CT molecular complexity index is 587. The first-order valence-corrected chi connectivity index (χ1v) is 5.30. The van der Waals surface area contributed by atoms with Crippen LogP contribution >= 0.6 is 0 Å². The van der Waals surface area contributed by atoms with Gasteiger partial charge in [0, 0.05) is 5.39 Å². The topological polar surface area (TPSA) is 31.2 Å². The van der Waals surface area contributed by atoms with Crippen molar-refractivity contribution in [1.29, 1.82) is 0 Å². The molecule has 0 radical (unpaired) electrons. The molecule has 18 heavy (non-hydrogen) atoms. The molecule has 1 aromatic heterocycles. The van der Waals surface area contributed by atoms with Crippen molar-refractivity contribution < 1.29 is 22.7 Å². The van der Waals surface area contributed by atoms with Gasteiger partial charge in [-0.3, -0.25) is 0 Å². The number of esters is 1. The predicted octanol–water partition coefficient (Wildman–Crippen LogP) is 3.29. The molecule has 0 saturated carbocycles. The van der Waals surface area contributed by atoms with E-state index in [9.17, 15) is 18.0 Å². The van der Waals surface area contributed by atoms with Crippen LogP contribution in [0.4, 0.5) is 13.2 Å². The van der Waals surface area contributed by atoms with Crippen molar-refractivity contribution in [2.24, 2.45) is 0 Å². The maximum atomic E-state index is 13.0. The molecule has 2 aromatic rings. The lowest BCUT2D eigenvalue weighted by molar-refractivity contribution is -0.201. The summed E-state index contributed by atoms with van der Waals surface area (Å²) in [6, 6.07) is 7.10. The van der Waals surface area contributed by atoms with Gasteiger partial charge >= 0.3 is 12.3 Å². The van der Waals surface area contributed by atoms with Crippen molar-refractivity contribution in [2.75, 3.05) is 6.61 Å². The third kappa shape index (κ3) is 2.05. The second-order valence-corrected chi connectivity index (χ2v) is 3.61. The highest BCUT2D eigenvalue weighted by molar-refractivity contribution is 5.95. The van der Waals surface area contributed by atoms with E-state index < -0.39 is 18.0 Å². The minimum Gasteiger partial charge on any atom is -0.461 e. The highest BCUT2D eigenvalue weighted by atomic mass is 19.4. The first-order valence-electron chi connectivity index (χ1n) is 5.30. The number of hydrogen-bond acceptors (Lipinski definition) is 2. The van der Waals surface area contributed by atoms with Crippen LogP contribution in [0.1, 0.15) is 17.4 Å². The monoisotopic (exact) mass is 257 g/mol. The number of nitrogens with zero attached hydrogens (tertiary/aromatic N) is 1. The minimum atomic E-state index is -4.66. The number of rotatable bonds is 2. The molecule has 6 heteroatoms. The van der Waals surface area contributed by atoms with Crippen LogP contribution in [0.15, 0.2) is 30.3 Å². The van der Waals surface area contributed by atoms with Gasteiger partial charge in [0.25, 0.3) is 0 Å². The summed E-state index contributed by atoms with van der Waals surface area (Å²) in [6.07, 6.45) is -4.66. The van der Waals surface area contributed by atoms with Crippen molar-refractivity contribution in [1.82, 2.24) is 4.57 Å². The van der Waals surface area contributed by atoms with Crippen LogP contribution in [-0.4, -0.2) is 17.1 Å². The summed E-state index contributed by atoms with van der Waals surface area (Å²) in [7, 11) is 0. The van der Waals surface area contributed by atoms with Crippen molar-refractivity contribution in [2.45, 2.75) is 13.2 Å². The summed E-state index contributed by atoms with van der Waals surface area (Å²) >= 11 is 0. The first kappa shape index (κ1) is 12.5. The summed E-state index contributed by atoms with van der Waals surface area (Å²) in [4.78, 5) is 11.5. The Hall–Kier alpha value is -1.98. The van der Waals surface area contributed by atoms with Gasteiger partial charge in [0.1, 0.15) is 5.69 Å². The molecule has 0 bridgehead atoms. The van der Waals surface area contributed by atoms with Gasteiger partial charge in [-0.2, -0.15) is 0 Å². The Kier molecular flexibility index (Phi) is 3.02. The largest absolute Gasteiger partial charge is 0.489 e. The van der Waals surface area contributed by atoms with Crippen LogP contribution in [0.25, 0.3) is 10.9 Å². The first-order chi connectivity index (χ1) is 8.45. The van der Waals surface area contributed by atoms with E-state index in [4.69, 9.17) is 0 Å². The van der Waals surface area contributed by atoms with Crippen molar-refractivity contribution in [3.63, 3.8) is 0 Å². The van der Waals surface area contributed by atoms with Gasteiger partial charge in [-0.15, -0.1) is 13.2 Å². The van der Waals surface area contributed by atoms with Crippen LogP contribution in [-0.2, 0) is 11.0 Å². The molecule has 0 atom stereocenters. The molecule has 2 rings (SSSR count). The molecule has 0 spiro atoms. The molecular formula is C12H10F3NO2. The van der Waals surface area contributed by atoms with E-state index >= 15 is 0 Å². The Balaban J connectivity index is 2.68. The van der Waals surface area contributed by atoms with Gasteiger partial charge in [0.05, 0.1) is 12.1 Å². The van der Waals surface area contributed by atoms with E-state index in [1.807, 2.05) is 0 Å². The van der Waals surface area contributed by atoms with E-state index in [2.05, 4.69) is 4.74 Å². The van der Waals surface area contributed by atoms with E-state index in [0.717, 1.165) is 0 Å². The number of carbonyl (C=O) groups is 1. The fraction of sp³-hybridized carbons (Fsp3) is 0.250. The number of alkyl halides is 3. The Morgan fingerprint density at radius 2 is 2.00 bits per heavy atom. The van der Waals surface area contributed by atoms with Gasteiger partial charge in [-0.25, -0.2) is 9.36 Å². The van der Waals surface area contributed by atoms with Crippen LogP contribution in [0.3, 0.4) is 0 Å². The lowest BCUT2D eigenvalue weighted by Gasteiger charge is -2.13. The van der Waals surface area contributed by atoms with Crippen LogP contribution in [0.2, 0.25) is 0 Å². The molecule has 1 heterocycles. The smallest absolute Gasteiger partial charge is 0.461 e. The maximum absolute atomic E-state index is 13.0. The van der Waals surface area contributed by atoms with E-state index in [-0.39, 0.29) is 16.7 Å². The molecule has 0 aliphatic carbocycles. The third-order valence-corrected chi connectivity index (χ3v) is 2.45. The second kappa shape index (κ2) is 4.36. The number of ether oxygens (including phenoxy) is 1. The number of aromatic nitrogens is 1. The van der Waals surface area contributed by atoms with Gasteiger partial charge in [-0.05, 0) is 19.1 Å². The van der Waals surface area contributed by atoms with Crippen molar-refractivity contribution >= 4 is 16.9 Å². The quantitative estimate of drug-likeness (QED) is 0.773. The molecule has 0 saturated heterocycles. The Morgan fingerprint density at radius 1 is 1.33 bits per heavy atom. The molecule has 0 aliphatic rings. The summed E-state index contributed by atoms with van der Waals surface area (Å²) < 4.78 is 43.6. The van der Waals surface area contributed by atoms with Crippen molar-refractivity contribution in [3.05, 3.63) is 36.0 Å². The van der Waals surface area contributed by atoms with Gasteiger partial charge in [0.15, 0.2) is 0 Å². The number of fused-ring (bicyclic) bond motifs is 1. The highest BCUT2D eigenvalue weighted by Gasteiger charge is 2.36. The molecular weight excluding hydrogens is 247 g/mol. The second-order valence-electron chi connectivity index (χ2n) is 3.61. The van der Waals surface area contributed by atoms with E-state index in [1.54, 1.807) is 13.0 Å². The Labute approximate surface area is 101 Å². The Morgan fingerprint density at radius 3 is 2.61 bits per heavy atom. The fourth-order valence-corrected chi connectivity index (χ4v) is 1.78. The fourth-order valence-electron chi connectivity index (χ4n) is 1.78. The number of hydrogen-bond donors (Lipinski definition) is 0. The molecule has 0 amide bonds. The molecule has 0 unspecified atom stereocenters. The number of para-hydroxylation sites is 1. The van der Waals surface area contributed by atoms with Gasteiger partial charge < -0.3 is 4.74 Å². The maximum Gasteiger partial charge on any atom is 0.489 e. The zero-order valence-corrected chi connectivity index (χ0v) is 9.49. The van der Waals surface area contributed by atoms with Crippen LogP contribution in [0, 0.1) is 0 Å². The minimum absolute atomic E-state index is 0.0260. The molecule has 0 fully saturated rings. The lowest BCUT2D eigenvalue weighted by Crippen LogP contribution is -2.22. The predicted molar refractivity (Wildman–Crippen MR) is 59.2 cm³/mol. The van der Waals surface area contributed by atoms with Crippen LogP contribution in [0.5, 0.6) is 0 Å². The van der Waals surface area contributed by atoms with Crippen molar-refractivity contribution in [3.8, 4) is 0 Å². The third-order valence-electron chi connectivity index (χ3n) is 2.45. The molecule has 96 valence electrons. The zero-order chi connectivity index (χ0) is 13.3. The normalized spacial score (nSPS) is 11.8. The number of carbonyl (C=O) groups excluding carboxylic acids is 1. The summed E-state index contributed by atoms with van der Waals surface area (Å²) in [5.74, 6) is -0.981. The van der Waals surface area contributed by atoms with Crippen LogP contribution < -0.4 is 0 Å². The number of benzene rings is 1. The number of halogens is 3. The summed E-state index contributed by atoms with van der Waals surface area (Å²) in [5.41, 5.74) is -0.571. The average Bonchev–Trinajstić information content (AvgIpc) is 2.68. The van der Waals surface area contributed by atoms with Gasteiger partial charge in [0.2, 0.25) is 0 Å². The molecule has 0 aliphatic heterocycles. The zero-order valence-electron chi connectivity index (χ0n) is 9.49. The standard InChI is InChI=1S/C12H10F3NO2/c1-2-18-11(17)10-7-8-5-3-4-6-9(8)16(10)12(13,14)15/h3-7H,2H2,1H3. The summed E-state index contributed by atoms with van der Waals surface area (Å²) in [6.45, 7) is 1.57. The molecule has 3 nitrogen and oxygen atoms in total. The van der Waals surface area contributed by atoms with Gasteiger partial charge in [-0.1, -0.05) is 18.2 Å². The summed E-state index contributed by atoms with van der Waals surface area (Å²) in [5, 5.41) is 0.345. The van der Waals surface area contributed by atoms with E-state index in [1.165, 1.54) is 24.3 Å². The molecule has 0 N–H and O–H groups in total. The van der Waals surface area contributed by atoms with E-state index in [0.29, 0.717) is 5.39 Å². The highest BCUT2D eigenvalue weighted by Crippen LogP contribution is 2.31.